The van der Waals surface area contributed by atoms with Crippen LogP contribution < -0.4 is 9.64 Å². The number of carbonyl (C=O) groups is 1. The molecule has 0 N–H and O–H groups in total. The molecule has 0 unspecified atom stereocenters. The molecule has 0 aliphatic carbocycles. The molecule has 1 saturated heterocycles. The third kappa shape index (κ3) is 4.80. The molecule has 0 saturated carbocycles. The van der Waals surface area contributed by atoms with Crippen molar-refractivity contribution in [2.24, 2.45) is 0 Å². The summed E-state index contributed by atoms with van der Waals surface area (Å²) in [4.78, 5) is 22.4. The van der Waals surface area contributed by atoms with Crippen LogP contribution in [0.5, 0.6) is 5.75 Å². The lowest BCUT2D eigenvalue weighted by Crippen LogP contribution is -2.39. The van der Waals surface area contributed by atoms with E-state index >= 15 is 0 Å². The molecule has 0 atom stereocenters. The summed E-state index contributed by atoms with van der Waals surface area (Å²) in [5.41, 5.74) is 2.62. The van der Waals surface area contributed by atoms with Crippen LogP contribution in [0.25, 0.3) is 10.2 Å². The molecule has 1 aliphatic heterocycles. The summed E-state index contributed by atoms with van der Waals surface area (Å²) >= 11 is 1.54. The van der Waals surface area contributed by atoms with Gasteiger partial charge in [0.05, 0.1) is 30.5 Å². The molecular formula is C23H27N3O3S. The van der Waals surface area contributed by atoms with Gasteiger partial charge in [0, 0.05) is 37.8 Å². The van der Waals surface area contributed by atoms with E-state index in [4.69, 9.17) is 14.5 Å². The van der Waals surface area contributed by atoms with Crippen molar-refractivity contribution in [2.45, 2.75) is 13.3 Å². The number of morpholine rings is 1. The number of anilines is 1. The number of methoxy groups -OCH3 is 1. The van der Waals surface area contributed by atoms with Crippen LogP contribution in [0, 0.1) is 6.92 Å². The first-order chi connectivity index (χ1) is 14.6. The zero-order chi connectivity index (χ0) is 20.9. The van der Waals surface area contributed by atoms with Gasteiger partial charge in [0.2, 0.25) is 0 Å². The summed E-state index contributed by atoms with van der Waals surface area (Å²) in [6.45, 7) is 7.04. The van der Waals surface area contributed by atoms with Crippen LogP contribution in [-0.2, 0) is 4.74 Å². The quantitative estimate of drug-likeness (QED) is 0.573. The van der Waals surface area contributed by atoms with E-state index < -0.39 is 0 Å². The zero-order valence-electron chi connectivity index (χ0n) is 17.5. The van der Waals surface area contributed by atoms with Gasteiger partial charge in [-0.15, -0.1) is 0 Å². The summed E-state index contributed by atoms with van der Waals surface area (Å²) in [6, 6.07) is 13.6. The molecule has 158 valence electrons. The van der Waals surface area contributed by atoms with E-state index in [1.807, 2.05) is 54.3 Å². The minimum atomic E-state index is -0.00769. The Morgan fingerprint density at radius 1 is 1.23 bits per heavy atom. The third-order valence-electron chi connectivity index (χ3n) is 5.28. The standard InChI is InChI=1S/C23H27N3O3S/c1-17-5-3-6-18(15-17)22(27)26(10-4-9-25-11-13-29-14-12-25)23-24-20-16-19(28-2)7-8-21(20)30-23/h3,5-8,15-16H,4,9-14H2,1-2H3. The fourth-order valence-corrected chi connectivity index (χ4v) is 4.60. The van der Waals surface area contributed by atoms with Crippen molar-refractivity contribution in [3.63, 3.8) is 0 Å². The van der Waals surface area contributed by atoms with Gasteiger partial charge < -0.3 is 9.47 Å². The van der Waals surface area contributed by atoms with Crippen LogP contribution in [0.15, 0.2) is 42.5 Å². The van der Waals surface area contributed by atoms with Gasteiger partial charge in [-0.25, -0.2) is 4.98 Å². The van der Waals surface area contributed by atoms with Crippen molar-refractivity contribution in [1.82, 2.24) is 9.88 Å². The summed E-state index contributed by atoms with van der Waals surface area (Å²) < 4.78 is 11.8. The second kappa shape index (κ2) is 9.55. The lowest BCUT2D eigenvalue weighted by Gasteiger charge is -2.27. The SMILES string of the molecule is COc1ccc2sc(N(CCCN3CCOCC3)C(=O)c3cccc(C)c3)nc2c1. The van der Waals surface area contributed by atoms with Gasteiger partial charge in [-0.05, 0) is 37.6 Å². The molecule has 30 heavy (non-hydrogen) atoms. The third-order valence-corrected chi connectivity index (χ3v) is 6.34. The van der Waals surface area contributed by atoms with Gasteiger partial charge in [0.25, 0.3) is 5.91 Å². The van der Waals surface area contributed by atoms with Crippen molar-refractivity contribution >= 4 is 32.6 Å². The van der Waals surface area contributed by atoms with Gasteiger partial charge in [-0.2, -0.15) is 0 Å². The minimum Gasteiger partial charge on any atom is -0.497 e. The van der Waals surface area contributed by atoms with E-state index in [-0.39, 0.29) is 5.91 Å². The lowest BCUT2D eigenvalue weighted by molar-refractivity contribution is 0.0376. The molecule has 6 nitrogen and oxygen atoms in total. The summed E-state index contributed by atoms with van der Waals surface area (Å²) in [5, 5.41) is 0.728. The van der Waals surface area contributed by atoms with Gasteiger partial charge in [-0.1, -0.05) is 29.0 Å². The van der Waals surface area contributed by atoms with Crippen molar-refractivity contribution in [1.29, 1.82) is 0 Å². The molecule has 3 aromatic rings. The average molecular weight is 426 g/mol. The first-order valence-electron chi connectivity index (χ1n) is 10.3. The molecule has 0 bridgehead atoms. The molecule has 2 aromatic carbocycles. The number of amides is 1. The van der Waals surface area contributed by atoms with Gasteiger partial charge in [0.15, 0.2) is 5.13 Å². The van der Waals surface area contributed by atoms with E-state index in [1.54, 1.807) is 18.4 Å². The van der Waals surface area contributed by atoms with E-state index in [0.29, 0.717) is 12.1 Å². The fraction of sp³-hybridized carbons (Fsp3) is 0.391. The largest absolute Gasteiger partial charge is 0.497 e. The Kier molecular flexibility index (Phi) is 6.62. The second-order valence-electron chi connectivity index (χ2n) is 7.46. The van der Waals surface area contributed by atoms with Gasteiger partial charge in [0.1, 0.15) is 5.75 Å². The molecule has 7 heteroatoms. The molecule has 1 aromatic heterocycles. The highest BCUT2D eigenvalue weighted by molar-refractivity contribution is 7.22. The van der Waals surface area contributed by atoms with Gasteiger partial charge in [-0.3, -0.25) is 14.6 Å². The Morgan fingerprint density at radius 3 is 2.83 bits per heavy atom. The Hall–Kier alpha value is -2.48. The van der Waals surface area contributed by atoms with Crippen molar-refractivity contribution in [2.75, 3.05) is 51.4 Å². The number of hydrogen-bond donors (Lipinski definition) is 0. The predicted octanol–water partition coefficient (Wildman–Crippen LogP) is 3.98. The summed E-state index contributed by atoms with van der Waals surface area (Å²) in [7, 11) is 1.65. The first kappa shape index (κ1) is 20.8. The second-order valence-corrected chi connectivity index (χ2v) is 8.47. The predicted molar refractivity (Wildman–Crippen MR) is 121 cm³/mol. The van der Waals surface area contributed by atoms with Gasteiger partial charge >= 0.3 is 0 Å². The van der Waals surface area contributed by atoms with E-state index in [2.05, 4.69) is 4.90 Å². The Balaban J connectivity index is 1.58. The first-order valence-corrected chi connectivity index (χ1v) is 11.1. The van der Waals surface area contributed by atoms with Crippen molar-refractivity contribution < 1.29 is 14.3 Å². The highest BCUT2D eigenvalue weighted by Crippen LogP contribution is 2.32. The Morgan fingerprint density at radius 2 is 2.07 bits per heavy atom. The number of thiazole rings is 1. The lowest BCUT2D eigenvalue weighted by atomic mass is 10.1. The number of aromatic nitrogens is 1. The van der Waals surface area contributed by atoms with Crippen LogP contribution >= 0.6 is 11.3 Å². The number of aryl methyl sites for hydroxylation is 1. The summed E-state index contributed by atoms with van der Waals surface area (Å²) in [6.07, 6.45) is 0.886. The molecule has 1 amide bonds. The zero-order valence-corrected chi connectivity index (χ0v) is 18.3. The molecular weight excluding hydrogens is 398 g/mol. The smallest absolute Gasteiger partial charge is 0.260 e. The molecule has 4 rings (SSSR count). The Bertz CT molecular complexity index is 1010. The summed E-state index contributed by atoms with van der Waals surface area (Å²) in [5.74, 6) is 0.759. The number of nitrogens with zero attached hydrogens (tertiary/aromatic N) is 3. The fourth-order valence-electron chi connectivity index (χ4n) is 3.63. The average Bonchev–Trinajstić information content (AvgIpc) is 3.20. The topological polar surface area (TPSA) is 54.9 Å². The maximum atomic E-state index is 13.4. The van der Waals surface area contributed by atoms with Crippen LogP contribution in [0.1, 0.15) is 22.3 Å². The van der Waals surface area contributed by atoms with E-state index in [9.17, 15) is 4.79 Å². The monoisotopic (exact) mass is 425 g/mol. The maximum Gasteiger partial charge on any atom is 0.260 e. The molecule has 1 aliphatic rings. The molecule has 0 spiro atoms. The van der Waals surface area contributed by atoms with Crippen LogP contribution in [0.3, 0.4) is 0 Å². The maximum absolute atomic E-state index is 13.4. The molecule has 1 fully saturated rings. The van der Waals surface area contributed by atoms with E-state index in [0.717, 1.165) is 65.9 Å². The van der Waals surface area contributed by atoms with E-state index in [1.165, 1.54) is 0 Å². The van der Waals surface area contributed by atoms with Crippen LogP contribution in [-0.4, -0.2) is 62.3 Å². The van der Waals surface area contributed by atoms with Crippen molar-refractivity contribution in [3.8, 4) is 5.75 Å². The number of ether oxygens (including phenoxy) is 2. The highest BCUT2D eigenvalue weighted by Gasteiger charge is 2.22. The number of benzene rings is 2. The number of fused-ring (bicyclic) bond motifs is 1. The van der Waals surface area contributed by atoms with Crippen molar-refractivity contribution in [3.05, 3.63) is 53.6 Å². The minimum absolute atomic E-state index is 0.00769. The molecule has 0 radical (unpaired) electrons. The van der Waals surface area contributed by atoms with Crippen LogP contribution in [0.4, 0.5) is 5.13 Å². The molecule has 2 heterocycles. The number of carbonyl (C=O) groups excluding carboxylic acids is 1. The van der Waals surface area contributed by atoms with Crippen LogP contribution in [0.2, 0.25) is 0 Å². The number of hydrogen-bond acceptors (Lipinski definition) is 6. The normalized spacial score (nSPS) is 14.7. The Labute approximate surface area is 181 Å². The number of rotatable bonds is 7. The highest BCUT2D eigenvalue weighted by atomic mass is 32.1.